The van der Waals surface area contributed by atoms with Crippen molar-refractivity contribution in [2.45, 2.75) is 71.9 Å². The zero-order valence-electron chi connectivity index (χ0n) is 20.3. The number of hydrogen-bond donors (Lipinski definition) is 2. The Bertz CT molecular complexity index is 965. The molecule has 2 aromatic rings. The number of hydrogen-bond acceptors (Lipinski definition) is 4. The van der Waals surface area contributed by atoms with Crippen molar-refractivity contribution in [3.8, 4) is 0 Å². The minimum atomic E-state index is -0.318. The average molecular weight is 444 g/mol. The lowest BCUT2D eigenvalue weighted by Crippen LogP contribution is -2.41. The molecule has 0 amide bonds. The summed E-state index contributed by atoms with van der Waals surface area (Å²) >= 11 is 0. The highest BCUT2D eigenvalue weighted by atomic mass is 19.1. The van der Waals surface area contributed by atoms with Gasteiger partial charge in [0.25, 0.3) is 6.47 Å². The molecule has 0 bridgehead atoms. The first kappa shape index (κ1) is 24.3. The number of aromatic nitrogens is 1. The molecule has 0 saturated heterocycles. The number of ether oxygens (including phenoxy) is 1. The van der Waals surface area contributed by atoms with Crippen LogP contribution in [0, 0.1) is 11.7 Å². The Morgan fingerprint density at radius 1 is 1.31 bits per heavy atom. The lowest BCUT2D eigenvalue weighted by atomic mass is 9.86. The molecule has 2 heterocycles. The highest BCUT2D eigenvalue weighted by molar-refractivity contribution is 5.85. The van der Waals surface area contributed by atoms with Crippen LogP contribution < -0.4 is 5.32 Å². The van der Waals surface area contributed by atoms with Crippen LogP contribution in [0.15, 0.2) is 29.5 Å². The predicted molar refractivity (Wildman–Crippen MR) is 128 cm³/mol. The summed E-state index contributed by atoms with van der Waals surface area (Å²) in [5.41, 5.74) is 6.45. The Morgan fingerprint density at radius 2 is 2.03 bits per heavy atom. The van der Waals surface area contributed by atoms with Crippen LogP contribution in [0.1, 0.15) is 71.2 Å². The van der Waals surface area contributed by atoms with Crippen molar-refractivity contribution >= 4 is 17.4 Å². The molecule has 176 valence electrons. The number of aromatic amines is 1. The first-order valence-electron chi connectivity index (χ1n) is 11.7. The number of benzene rings is 1. The summed E-state index contributed by atoms with van der Waals surface area (Å²) in [4.78, 5) is 15.8. The Labute approximate surface area is 191 Å². The average Bonchev–Trinajstić information content (AvgIpc) is 3.02. The number of nitrogens with zero attached hydrogens (tertiary/aromatic N) is 1. The van der Waals surface area contributed by atoms with Gasteiger partial charge in [0.15, 0.2) is 0 Å². The van der Waals surface area contributed by atoms with Crippen LogP contribution in [-0.2, 0) is 16.0 Å². The van der Waals surface area contributed by atoms with Crippen LogP contribution in [0.3, 0.4) is 0 Å². The largest absolute Gasteiger partial charge is 0.462 e. The van der Waals surface area contributed by atoms with Crippen LogP contribution in [-0.4, -0.2) is 42.1 Å². The molecule has 32 heavy (non-hydrogen) atoms. The second-order valence-corrected chi connectivity index (χ2v) is 10.1. The van der Waals surface area contributed by atoms with Crippen LogP contribution in [0.2, 0.25) is 0 Å². The van der Waals surface area contributed by atoms with Crippen molar-refractivity contribution in [1.82, 2.24) is 15.2 Å². The molecule has 1 aromatic heterocycles. The zero-order chi connectivity index (χ0) is 23.5. The van der Waals surface area contributed by atoms with E-state index in [9.17, 15) is 9.18 Å². The minimum Gasteiger partial charge on any atom is -0.462 e. The maximum atomic E-state index is 13.8. The number of likely N-dealkylation sites (N-methyl/N-ethyl adjacent to an activating group) is 1. The quantitative estimate of drug-likeness (QED) is 0.601. The van der Waals surface area contributed by atoms with E-state index in [1.165, 1.54) is 36.2 Å². The second-order valence-electron chi connectivity index (χ2n) is 10.1. The van der Waals surface area contributed by atoms with Crippen molar-refractivity contribution in [2.24, 2.45) is 5.92 Å². The molecule has 5 nitrogen and oxygen atoms in total. The molecular formula is C26H38FN3O2. The van der Waals surface area contributed by atoms with Crippen molar-refractivity contribution in [1.29, 1.82) is 0 Å². The van der Waals surface area contributed by atoms with Gasteiger partial charge in [-0.2, -0.15) is 0 Å². The summed E-state index contributed by atoms with van der Waals surface area (Å²) in [5, 5.41) is 4.43. The van der Waals surface area contributed by atoms with E-state index < -0.39 is 0 Å². The van der Waals surface area contributed by atoms with Crippen molar-refractivity contribution in [3.63, 3.8) is 0 Å². The maximum Gasteiger partial charge on any atom is 0.293 e. The van der Waals surface area contributed by atoms with Crippen LogP contribution in [0.5, 0.6) is 0 Å². The Balaban J connectivity index is 0.000000360. The molecule has 1 saturated carbocycles. The van der Waals surface area contributed by atoms with Gasteiger partial charge in [-0.15, -0.1) is 0 Å². The summed E-state index contributed by atoms with van der Waals surface area (Å²) in [6, 6.07) is 5.45. The molecule has 2 N–H and O–H groups in total. The lowest BCUT2D eigenvalue weighted by Gasteiger charge is -2.43. The molecule has 1 atom stereocenters. The fourth-order valence-electron chi connectivity index (χ4n) is 4.67. The molecule has 0 radical (unpaired) electrons. The predicted octanol–water partition coefficient (Wildman–Crippen LogP) is 5.48. The van der Waals surface area contributed by atoms with Gasteiger partial charge in [0.05, 0.1) is 6.04 Å². The molecule has 4 rings (SSSR count). The van der Waals surface area contributed by atoms with Crippen LogP contribution in [0.25, 0.3) is 10.9 Å². The number of rotatable bonds is 5. The SMILES string of the molecule is CC(C)(C)OC=O.CNCC(=C1CCC1)N1CCc2c([nH]c3ccc(F)cc23)C1C(C)C. The van der Waals surface area contributed by atoms with Gasteiger partial charge in [0, 0.05) is 35.4 Å². The summed E-state index contributed by atoms with van der Waals surface area (Å²) in [5.74, 6) is 0.342. The van der Waals surface area contributed by atoms with E-state index in [-0.39, 0.29) is 11.4 Å². The van der Waals surface area contributed by atoms with Gasteiger partial charge >= 0.3 is 0 Å². The van der Waals surface area contributed by atoms with Crippen molar-refractivity contribution in [2.75, 3.05) is 20.1 Å². The van der Waals surface area contributed by atoms with Gasteiger partial charge in [0.2, 0.25) is 0 Å². The summed E-state index contributed by atoms with van der Waals surface area (Å²) in [6.07, 6.45) is 4.77. The zero-order valence-corrected chi connectivity index (χ0v) is 20.3. The molecule has 0 spiro atoms. The molecular weight excluding hydrogens is 405 g/mol. The first-order chi connectivity index (χ1) is 15.2. The summed E-state index contributed by atoms with van der Waals surface area (Å²) < 4.78 is 18.3. The monoisotopic (exact) mass is 443 g/mol. The summed E-state index contributed by atoms with van der Waals surface area (Å²) in [7, 11) is 2.03. The number of carbonyl (C=O) groups excluding carboxylic acids is 1. The normalized spacial score (nSPS) is 18.1. The number of allylic oxidation sites excluding steroid dienone is 1. The molecule has 6 heteroatoms. The summed E-state index contributed by atoms with van der Waals surface area (Å²) in [6.45, 7) is 12.5. The topological polar surface area (TPSA) is 57.4 Å². The minimum absolute atomic E-state index is 0.148. The van der Waals surface area contributed by atoms with Gasteiger partial charge in [0.1, 0.15) is 11.4 Å². The van der Waals surface area contributed by atoms with E-state index in [2.05, 4.69) is 33.8 Å². The number of H-pyrrole nitrogens is 1. The molecule has 2 aliphatic rings. The third-order valence-electron chi connectivity index (χ3n) is 6.22. The lowest BCUT2D eigenvalue weighted by molar-refractivity contribution is -0.138. The molecule has 1 aliphatic heterocycles. The van der Waals surface area contributed by atoms with Gasteiger partial charge in [-0.1, -0.05) is 13.8 Å². The van der Waals surface area contributed by atoms with E-state index in [0.29, 0.717) is 18.4 Å². The van der Waals surface area contributed by atoms with E-state index in [1.807, 2.05) is 33.9 Å². The third-order valence-corrected chi connectivity index (χ3v) is 6.22. The molecule has 1 unspecified atom stereocenters. The van der Waals surface area contributed by atoms with Crippen molar-refractivity contribution < 1.29 is 13.9 Å². The fraction of sp³-hybridized carbons (Fsp3) is 0.577. The Hall–Kier alpha value is -2.34. The number of halogens is 1. The van der Waals surface area contributed by atoms with E-state index >= 15 is 0 Å². The third kappa shape index (κ3) is 5.34. The van der Waals surface area contributed by atoms with Gasteiger partial charge in [-0.25, -0.2) is 4.39 Å². The first-order valence-corrected chi connectivity index (χ1v) is 11.7. The van der Waals surface area contributed by atoms with Gasteiger partial charge < -0.3 is 19.9 Å². The van der Waals surface area contributed by atoms with E-state index in [1.54, 1.807) is 17.7 Å². The van der Waals surface area contributed by atoms with Gasteiger partial charge in [-0.05, 0) is 88.8 Å². The Kier molecular flexibility index (Phi) is 7.65. The van der Waals surface area contributed by atoms with Crippen molar-refractivity contribution in [3.05, 3.63) is 46.5 Å². The Morgan fingerprint density at radius 3 is 2.53 bits per heavy atom. The van der Waals surface area contributed by atoms with E-state index in [0.717, 1.165) is 30.4 Å². The fourth-order valence-corrected chi connectivity index (χ4v) is 4.67. The number of nitrogens with one attached hydrogen (secondary N) is 2. The molecule has 1 aromatic carbocycles. The highest BCUT2D eigenvalue weighted by Crippen LogP contribution is 2.42. The number of fused-ring (bicyclic) bond motifs is 3. The second kappa shape index (κ2) is 10.1. The highest BCUT2D eigenvalue weighted by Gasteiger charge is 2.35. The molecule has 1 fully saturated rings. The van der Waals surface area contributed by atoms with Crippen LogP contribution >= 0.6 is 0 Å². The van der Waals surface area contributed by atoms with Crippen LogP contribution in [0.4, 0.5) is 4.39 Å². The smallest absolute Gasteiger partial charge is 0.293 e. The van der Waals surface area contributed by atoms with E-state index in [4.69, 9.17) is 0 Å². The number of carbonyl (C=O) groups is 1. The van der Waals surface area contributed by atoms with Gasteiger partial charge in [-0.3, -0.25) is 4.79 Å². The molecule has 1 aliphatic carbocycles. The standard InChI is InChI=1S/C21H28FN3.C5H10O2/c1-13(2)21-20-16(17-11-15(22)7-8-18(17)24-20)9-10-25(21)19(12-23-3)14-5-4-6-14;1-5(2,3)7-4-6/h7-8,11,13,21,23-24H,4-6,9-10,12H2,1-3H3;4H,1-3H3. The maximum absolute atomic E-state index is 13.8.